The summed E-state index contributed by atoms with van der Waals surface area (Å²) in [4.78, 5) is 16.5. The molecule has 0 N–H and O–H groups in total. The Morgan fingerprint density at radius 3 is 2.30 bits per heavy atom. The van der Waals surface area contributed by atoms with Crippen LogP contribution in [0.5, 0.6) is 5.88 Å². The fourth-order valence-corrected chi connectivity index (χ4v) is 1.65. The normalized spacial score (nSPS) is 12.3. The molecule has 1 rings (SSSR count). The summed E-state index contributed by atoms with van der Waals surface area (Å²) in [7, 11) is 0. The van der Waals surface area contributed by atoms with E-state index < -0.39 is 5.41 Å². The number of ether oxygens (including phenoxy) is 1. The predicted molar refractivity (Wildman–Crippen MR) is 82.6 cm³/mol. The first kappa shape index (κ1) is 17.0. The second-order valence-electron chi connectivity index (χ2n) is 7.22. The maximum Gasteiger partial charge on any atom is 0.233 e. The second kappa shape index (κ2) is 6.13. The number of nitrogens with zero attached hydrogens (tertiary/aromatic N) is 1. The number of aromatic nitrogens is 1. The van der Waals surface area contributed by atoms with Gasteiger partial charge in [0.05, 0.1) is 6.61 Å². The third-order valence-electron chi connectivity index (χ3n) is 2.82. The molecule has 0 spiro atoms. The van der Waals surface area contributed by atoms with E-state index in [2.05, 4.69) is 25.8 Å². The van der Waals surface area contributed by atoms with Gasteiger partial charge in [-0.15, -0.1) is 0 Å². The van der Waals surface area contributed by atoms with Crippen molar-refractivity contribution in [3.63, 3.8) is 0 Å². The van der Waals surface area contributed by atoms with Crippen LogP contribution in [0.4, 0.5) is 0 Å². The molecule has 0 saturated carbocycles. The van der Waals surface area contributed by atoms with Crippen molar-refractivity contribution in [1.29, 1.82) is 0 Å². The molecular weight excluding hydrogens is 274 g/mol. The molecule has 0 bridgehead atoms. The highest BCUT2D eigenvalue weighted by atomic mass is 35.5. The molecule has 0 aliphatic carbocycles. The van der Waals surface area contributed by atoms with Gasteiger partial charge in [-0.1, -0.05) is 53.1 Å². The number of carbonyl (C=O) groups is 1. The number of hydrogen-bond donors (Lipinski definition) is 0. The molecule has 0 aromatic carbocycles. The van der Waals surface area contributed by atoms with Crippen LogP contribution >= 0.6 is 11.6 Å². The standard InChI is InChI=1S/C16H24ClNO2/c1-15(2,3)9-10-20-14-11(17)7-8-12(18-14)13(19)16(4,5)6/h7-8H,9-10H2,1-6H3. The zero-order chi connectivity index (χ0) is 15.6. The van der Waals surface area contributed by atoms with E-state index in [1.807, 2.05) is 20.8 Å². The highest BCUT2D eigenvalue weighted by Gasteiger charge is 2.25. The van der Waals surface area contributed by atoms with E-state index in [-0.39, 0.29) is 11.2 Å². The summed E-state index contributed by atoms with van der Waals surface area (Å²) >= 11 is 6.07. The summed E-state index contributed by atoms with van der Waals surface area (Å²) in [5.41, 5.74) is 0.113. The molecule has 0 unspecified atom stereocenters. The van der Waals surface area contributed by atoms with Crippen LogP contribution in [0.2, 0.25) is 5.02 Å². The fourth-order valence-electron chi connectivity index (χ4n) is 1.49. The van der Waals surface area contributed by atoms with Crippen LogP contribution in [-0.4, -0.2) is 17.4 Å². The largest absolute Gasteiger partial charge is 0.477 e. The van der Waals surface area contributed by atoms with E-state index in [0.717, 1.165) is 6.42 Å². The number of Topliss-reactive ketones (excluding diaryl/α,β-unsaturated/α-hetero) is 1. The minimum Gasteiger partial charge on any atom is -0.477 e. The number of pyridine rings is 1. The van der Waals surface area contributed by atoms with E-state index in [0.29, 0.717) is 23.2 Å². The van der Waals surface area contributed by atoms with Crippen molar-refractivity contribution in [2.45, 2.75) is 48.0 Å². The molecule has 4 heteroatoms. The zero-order valence-corrected chi connectivity index (χ0v) is 14.0. The lowest BCUT2D eigenvalue weighted by Crippen LogP contribution is -2.21. The van der Waals surface area contributed by atoms with Gasteiger partial charge in [-0.3, -0.25) is 4.79 Å². The third-order valence-corrected chi connectivity index (χ3v) is 3.11. The first-order valence-corrected chi connectivity index (χ1v) is 7.23. The van der Waals surface area contributed by atoms with Gasteiger partial charge < -0.3 is 4.74 Å². The Morgan fingerprint density at radius 1 is 1.20 bits per heavy atom. The first-order valence-electron chi connectivity index (χ1n) is 6.85. The number of hydrogen-bond acceptors (Lipinski definition) is 3. The van der Waals surface area contributed by atoms with E-state index in [9.17, 15) is 4.79 Å². The molecule has 1 heterocycles. The Labute approximate surface area is 126 Å². The molecule has 112 valence electrons. The van der Waals surface area contributed by atoms with Crippen molar-refractivity contribution in [2.24, 2.45) is 10.8 Å². The summed E-state index contributed by atoms with van der Waals surface area (Å²) in [5, 5.41) is 0.435. The first-order chi connectivity index (χ1) is 9.00. The summed E-state index contributed by atoms with van der Waals surface area (Å²) < 4.78 is 5.62. The Balaban J connectivity index is 2.85. The molecule has 1 aromatic rings. The average Bonchev–Trinajstić information content (AvgIpc) is 2.28. The van der Waals surface area contributed by atoms with E-state index in [4.69, 9.17) is 16.3 Å². The van der Waals surface area contributed by atoms with Crippen molar-refractivity contribution in [2.75, 3.05) is 6.61 Å². The Morgan fingerprint density at radius 2 is 1.80 bits per heavy atom. The maximum absolute atomic E-state index is 12.2. The number of ketones is 1. The fraction of sp³-hybridized carbons (Fsp3) is 0.625. The van der Waals surface area contributed by atoms with Gasteiger partial charge >= 0.3 is 0 Å². The lowest BCUT2D eigenvalue weighted by Gasteiger charge is -2.19. The minimum absolute atomic E-state index is 0.0187. The van der Waals surface area contributed by atoms with Crippen LogP contribution in [0.15, 0.2) is 12.1 Å². The number of halogens is 1. The average molecular weight is 298 g/mol. The van der Waals surface area contributed by atoms with Gasteiger partial charge in [0, 0.05) is 5.41 Å². The van der Waals surface area contributed by atoms with Gasteiger partial charge in [-0.25, -0.2) is 4.98 Å². The highest BCUT2D eigenvalue weighted by Crippen LogP contribution is 2.27. The minimum atomic E-state index is -0.469. The molecule has 1 aromatic heterocycles. The van der Waals surface area contributed by atoms with Crippen molar-refractivity contribution in [1.82, 2.24) is 4.98 Å². The molecular formula is C16H24ClNO2. The van der Waals surface area contributed by atoms with Crippen LogP contribution in [-0.2, 0) is 0 Å². The summed E-state index contributed by atoms with van der Waals surface area (Å²) in [6.45, 7) is 12.6. The van der Waals surface area contributed by atoms with Crippen molar-refractivity contribution in [3.8, 4) is 5.88 Å². The SMILES string of the molecule is CC(C)(C)CCOc1nc(C(=O)C(C)(C)C)ccc1Cl. The van der Waals surface area contributed by atoms with Crippen LogP contribution in [0, 0.1) is 10.8 Å². The van der Waals surface area contributed by atoms with Crippen LogP contribution in [0.1, 0.15) is 58.5 Å². The second-order valence-corrected chi connectivity index (χ2v) is 7.63. The van der Waals surface area contributed by atoms with Gasteiger partial charge in [-0.2, -0.15) is 0 Å². The van der Waals surface area contributed by atoms with E-state index in [1.54, 1.807) is 12.1 Å². The van der Waals surface area contributed by atoms with Crippen LogP contribution in [0.3, 0.4) is 0 Å². The maximum atomic E-state index is 12.2. The molecule has 3 nitrogen and oxygen atoms in total. The molecule has 0 aliphatic heterocycles. The van der Waals surface area contributed by atoms with Gasteiger partial charge in [0.2, 0.25) is 5.88 Å². The predicted octanol–water partition coefficient (Wildman–Crippen LogP) is 4.78. The van der Waals surface area contributed by atoms with Crippen molar-refractivity contribution in [3.05, 3.63) is 22.8 Å². The van der Waals surface area contributed by atoms with Crippen molar-refractivity contribution >= 4 is 17.4 Å². The Kier molecular flexibility index (Phi) is 5.20. The molecule has 0 radical (unpaired) electrons. The topological polar surface area (TPSA) is 39.2 Å². The van der Waals surface area contributed by atoms with Crippen LogP contribution < -0.4 is 4.74 Å². The number of rotatable bonds is 4. The lowest BCUT2D eigenvalue weighted by atomic mass is 9.89. The molecule has 0 aliphatic rings. The number of carbonyl (C=O) groups excluding carboxylic acids is 1. The highest BCUT2D eigenvalue weighted by molar-refractivity contribution is 6.31. The molecule has 0 atom stereocenters. The Bertz CT molecular complexity index is 484. The summed E-state index contributed by atoms with van der Waals surface area (Å²) in [6.07, 6.45) is 0.891. The molecule has 0 amide bonds. The quantitative estimate of drug-likeness (QED) is 0.751. The van der Waals surface area contributed by atoms with Gasteiger partial charge in [-0.05, 0) is 24.0 Å². The van der Waals surface area contributed by atoms with Gasteiger partial charge in [0.15, 0.2) is 5.78 Å². The lowest BCUT2D eigenvalue weighted by molar-refractivity contribution is 0.0851. The van der Waals surface area contributed by atoms with E-state index >= 15 is 0 Å². The van der Waals surface area contributed by atoms with Crippen LogP contribution in [0.25, 0.3) is 0 Å². The van der Waals surface area contributed by atoms with Gasteiger partial charge in [0.25, 0.3) is 0 Å². The third kappa shape index (κ3) is 5.12. The summed E-state index contributed by atoms with van der Waals surface area (Å²) in [6, 6.07) is 3.31. The summed E-state index contributed by atoms with van der Waals surface area (Å²) in [5.74, 6) is 0.320. The molecule has 0 saturated heterocycles. The molecule has 20 heavy (non-hydrogen) atoms. The monoisotopic (exact) mass is 297 g/mol. The molecule has 0 fully saturated rings. The smallest absolute Gasteiger partial charge is 0.233 e. The van der Waals surface area contributed by atoms with Crippen molar-refractivity contribution < 1.29 is 9.53 Å². The Hall–Kier alpha value is -1.09. The zero-order valence-electron chi connectivity index (χ0n) is 13.2. The van der Waals surface area contributed by atoms with Gasteiger partial charge in [0.1, 0.15) is 10.7 Å². The van der Waals surface area contributed by atoms with E-state index in [1.165, 1.54) is 0 Å².